The first-order valence-electron chi connectivity index (χ1n) is 4.72. The summed E-state index contributed by atoms with van der Waals surface area (Å²) >= 11 is -2.51. The molecule has 0 rings (SSSR count). The Balaban J connectivity index is -0.000000188. The Morgan fingerprint density at radius 3 is 0.824 bits per heavy atom. The van der Waals surface area contributed by atoms with E-state index >= 15 is 0 Å². The molecule has 0 aliphatic carbocycles. The third-order valence-electron chi connectivity index (χ3n) is 1.02. The molecule has 0 aromatic rings. The fourth-order valence-electron chi connectivity index (χ4n) is 0.740. The van der Waals surface area contributed by atoms with Crippen molar-refractivity contribution in [2.45, 2.75) is 40.5 Å². The molecule has 0 radical (unpaired) electrons. The average Bonchev–Trinajstić information content (AvgIpc) is 1.99. The molecular formula is C10H20O6U+4. The van der Waals surface area contributed by atoms with E-state index in [0.717, 1.165) is 0 Å². The quantitative estimate of drug-likeness (QED) is 0.442. The van der Waals surface area contributed by atoms with Gasteiger partial charge >= 0.3 is 55.4 Å². The molecule has 4 N–H and O–H groups in total. The molecule has 0 saturated heterocycles. The molecule has 6 nitrogen and oxygen atoms in total. The molecule has 96 valence electrons. The van der Waals surface area contributed by atoms with Crippen LogP contribution in [0.3, 0.4) is 0 Å². The molecule has 0 amide bonds. The molecule has 0 bridgehead atoms. The van der Waals surface area contributed by atoms with E-state index in [0.29, 0.717) is 12.8 Å². The van der Waals surface area contributed by atoms with Gasteiger partial charge in [0, 0.05) is 27.7 Å². The van der Waals surface area contributed by atoms with Crippen LogP contribution in [0.5, 0.6) is 0 Å². The maximum absolute atomic E-state index is 8.58. The van der Waals surface area contributed by atoms with E-state index in [1.807, 2.05) is 0 Å². The van der Waals surface area contributed by atoms with Crippen LogP contribution in [0.25, 0.3) is 0 Å². The van der Waals surface area contributed by atoms with Gasteiger partial charge in [0.05, 0.1) is 0 Å². The molecular weight excluding hydrogens is 454 g/mol. The Morgan fingerprint density at radius 2 is 0.824 bits per heavy atom. The van der Waals surface area contributed by atoms with Gasteiger partial charge in [0.15, 0.2) is 12.8 Å². The van der Waals surface area contributed by atoms with E-state index in [4.69, 9.17) is 23.6 Å². The summed E-state index contributed by atoms with van der Waals surface area (Å²) in [5.74, 6) is 1.00. The van der Waals surface area contributed by atoms with Crippen molar-refractivity contribution in [1.29, 1.82) is 0 Å². The van der Waals surface area contributed by atoms with Crippen LogP contribution in [-0.2, 0) is 4.47 Å². The van der Waals surface area contributed by atoms with Gasteiger partial charge < -0.3 is 0 Å². The first-order valence-corrected chi connectivity index (χ1v) is 8.12. The van der Waals surface area contributed by atoms with Crippen LogP contribution in [-0.4, -0.2) is 42.3 Å². The summed E-state index contributed by atoms with van der Waals surface area (Å²) < 4.78 is 17.2. The second kappa shape index (κ2) is 15.3. The van der Waals surface area contributed by atoms with E-state index in [1.54, 1.807) is 27.7 Å². The second-order valence-corrected chi connectivity index (χ2v) is 4.07. The maximum atomic E-state index is 8.58. The van der Waals surface area contributed by atoms with Gasteiger partial charge in [0.1, 0.15) is 0 Å². The molecule has 0 unspecified atom stereocenters. The zero-order valence-corrected chi connectivity index (χ0v) is 14.7. The van der Waals surface area contributed by atoms with E-state index in [2.05, 4.69) is 0 Å². The summed E-state index contributed by atoms with van der Waals surface area (Å²) in [4.78, 5) is 33.8. The minimum absolute atomic E-state index is 0.250. The van der Waals surface area contributed by atoms with Crippen molar-refractivity contribution in [2.75, 3.05) is 0 Å². The standard InChI is InChI=1S/2C5H8O2.2O.U/c2*1-4(6)3-5(2)7;;;/h2*3H2,1-2H3;;;/p+4. The first-order chi connectivity index (χ1) is 7.67. The summed E-state index contributed by atoms with van der Waals surface area (Å²) in [6.45, 7) is 6.22. The second-order valence-electron chi connectivity index (χ2n) is 3.38. The molecule has 0 aromatic heterocycles. The molecule has 0 aliphatic rings. The van der Waals surface area contributed by atoms with Gasteiger partial charge in [0.2, 0.25) is 0 Å². The number of ketones is 4. The van der Waals surface area contributed by atoms with Crippen molar-refractivity contribution in [3.8, 4) is 0 Å². The summed E-state index contributed by atoms with van der Waals surface area (Å²) in [5, 5.41) is 0. The summed E-state index contributed by atoms with van der Waals surface area (Å²) in [6.07, 6.45) is 0.611. The first kappa shape index (κ1) is 21.6. The van der Waals surface area contributed by atoms with Gasteiger partial charge in [-0.05, 0) is 0 Å². The number of hydrogen-bond acceptors (Lipinski definition) is 2. The van der Waals surface area contributed by atoms with Gasteiger partial charge in [-0.3, -0.25) is 19.2 Å². The van der Waals surface area contributed by atoms with Crippen LogP contribution in [0, 0.1) is 27.8 Å². The number of rotatable bonds is 4. The van der Waals surface area contributed by atoms with Crippen molar-refractivity contribution >= 4 is 23.1 Å². The predicted molar refractivity (Wildman–Crippen MR) is 61.1 cm³/mol. The van der Waals surface area contributed by atoms with E-state index in [1.165, 1.54) is 0 Å². The SMILES string of the molecule is CC(=[OH+])CC(C)=[OH+].CC(=[OH+])CC(C)=[OH+].[O]=[U]=[O]. The molecule has 0 atom stereocenters. The fourth-order valence-corrected chi connectivity index (χ4v) is 0.740. The van der Waals surface area contributed by atoms with Crippen LogP contribution in [0.4, 0.5) is 0 Å². The van der Waals surface area contributed by atoms with Crippen LogP contribution in [0.2, 0.25) is 0 Å². The zero-order chi connectivity index (χ0) is 14.4. The number of carbonyl (C=O) groups excluding carboxylic acids is 4. The van der Waals surface area contributed by atoms with Crippen LogP contribution >= 0.6 is 0 Å². The Kier molecular flexibility index (Phi) is 19.5. The monoisotopic (exact) mass is 474 g/mol. The van der Waals surface area contributed by atoms with Gasteiger partial charge in [0.25, 0.3) is 0 Å². The van der Waals surface area contributed by atoms with Crippen LogP contribution in [0.1, 0.15) is 40.5 Å². The Hall–Kier alpha value is -0.668. The van der Waals surface area contributed by atoms with Crippen molar-refractivity contribution in [1.82, 2.24) is 0 Å². The Morgan fingerprint density at radius 1 is 0.706 bits per heavy atom. The summed E-state index contributed by atoms with van der Waals surface area (Å²) in [5.41, 5.74) is 0. The third kappa shape index (κ3) is 50.7. The molecule has 17 heavy (non-hydrogen) atoms. The summed E-state index contributed by atoms with van der Waals surface area (Å²) in [7, 11) is 0. The zero-order valence-electron chi connectivity index (χ0n) is 10.5. The minimum atomic E-state index is -2.51. The van der Waals surface area contributed by atoms with Gasteiger partial charge in [-0.1, -0.05) is 0 Å². The van der Waals surface area contributed by atoms with Crippen molar-refractivity contribution < 1.29 is 51.5 Å². The van der Waals surface area contributed by atoms with Crippen molar-refractivity contribution in [3.63, 3.8) is 0 Å². The Labute approximate surface area is 115 Å². The fraction of sp³-hybridized carbons (Fsp3) is 0.600. The van der Waals surface area contributed by atoms with E-state index in [9.17, 15) is 0 Å². The van der Waals surface area contributed by atoms with Gasteiger partial charge in [-0.2, -0.15) is 0 Å². The molecule has 0 aliphatic heterocycles. The van der Waals surface area contributed by atoms with Gasteiger partial charge in [-0.25, -0.2) is 0 Å². The Bertz CT molecular complexity index is 265. The van der Waals surface area contributed by atoms with Crippen LogP contribution < -0.4 is 0 Å². The predicted octanol–water partition coefficient (Wildman–Crippen LogP) is 0.775. The molecule has 7 heteroatoms. The summed E-state index contributed by atoms with van der Waals surface area (Å²) in [6, 6.07) is 0. The molecule has 0 fully saturated rings. The normalized spacial score (nSPS) is 7.29. The van der Waals surface area contributed by atoms with Crippen molar-refractivity contribution in [2.24, 2.45) is 0 Å². The molecule has 0 aromatic carbocycles. The van der Waals surface area contributed by atoms with E-state index in [-0.39, 0.29) is 23.1 Å². The topological polar surface area (TPSA) is 120 Å². The van der Waals surface area contributed by atoms with E-state index < -0.39 is 27.8 Å². The molecule has 0 spiro atoms. The van der Waals surface area contributed by atoms with Crippen LogP contribution in [0.15, 0.2) is 0 Å². The molecule has 0 saturated carbocycles. The van der Waals surface area contributed by atoms with Gasteiger partial charge in [-0.15, -0.1) is 0 Å². The number of hydrogen-bond donors (Lipinski definition) is 0. The average molecular weight is 474 g/mol. The molecule has 0 heterocycles. The van der Waals surface area contributed by atoms with Crippen molar-refractivity contribution in [3.05, 3.63) is 0 Å². The third-order valence-corrected chi connectivity index (χ3v) is 1.02.